The van der Waals surface area contributed by atoms with E-state index in [0.29, 0.717) is 12.5 Å². The summed E-state index contributed by atoms with van der Waals surface area (Å²) in [7, 11) is 0. The maximum absolute atomic E-state index is 11.0. The van der Waals surface area contributed by atoms with E-state index in [4.69, 9.17) is 9.84 Å². The summed E-state index contributed by atoms with van der Waals surface area (Å²) in [6, 6.07) is 0. The van der Waals surface area contributed by atoms with Gasteiger partial charge < -0.3 is 15.2 Å². The van der Waals surface area contributed by atoms with Crippen molar-refractivity contribution in [1.29, 1.82) is 0 Å². The second-order valence-electron chi connectivity index (χ2n) is 4.24. The molecular weight excluding hydrogens is 182 g/mol. The van der Waals surface area contributed by atoms with Crippen molar-refractivity contribution in [2.45, 2.75) is 12.8 Å². The summed E-state index contributed by atoms with van der Waals surface area (Å²) >= 11 is 0. The maximum Gasteiger partial charge on any atom is 0.308 e. The van der Waals surface area contributed by atoms with Gasteiger partial charge in [-0.3, -0.25) is 4.79 Å². The Labute approximate surface area is 83.6 Å². The number of carboxylic acid groups (broad SMARTS) is 1. The third-order valence-electron chi connectivity index (χ3n) is 3.38. The molecule has 0 aliphatic carbocycles. The van der Waals surface area contributed by atoms with Gasteiger partial charge in [0, 0.05) is 19.8 Å². The molecule has 14 heavy (non-hydrogen) atoms. The van der Waals surface area contributed by atoms with Gasteiger partial charge in [0.1, 0.15) is 0 Å². The lowest BCUT2D eigenvalue weighted by Crippen LogP contribution is -2.33. The maximum atomic E-state index is 11.0. The number of hydrogen-bond acceptors (Lipinski definition) is 3. The number of ether oxygens (including phenoxy) is 1. The van der Waals surface area contributed by atoms with Crippen LogP contribution in [0.2, 0.25) is 0 Å². The second kappa shape index (κ2) is 4.28. The van der Waals surface area contributed by atoms with E-state index in [0.717, 1.165) is 32.6 Å². The number of carbonyl (C=O) groups is 1. The highest BCUT2D eigenvalue weighted by atomic mass is 16.5. The molecule has 0 bridgehead atoms. The topological polar surface area (TPSA) is 58.6 Å². The first-order valence-electron chi connectivity index (χ1n) is 5.30. The smallest absolute Gasteiger partial charge is 0.308 e. The molecule has 0 radical (unpaired) electrons. The lowest BCUT2D eigenvalue weighted by molar-refractivity contribution is -0.143. The van der Waals surface area contributed by atoms with Crippen LogP contribution in [-0.2, 0) is 9.53 Å². The highest BCUT2D eigenvalue weighted by molar-refractivity contribution is 5.71. The lowest BCUT2D eigenvalue weighted by Gasteiger charge is -2.29. The fourth-order valence-electron chi connectivity index (χ4n) is 2.57. The molecule has 0 amide bonds. The number of nitrogens with one attached hydrogen (secondary N) is 1. The van der Waals surface area contributed by atoms with E-state index < -0.39 is 5.97 Å². The van der Waals surface area contributed by atoms with E-state index >= 15 is 0 Å². The second-order valence-corrected chi connectivity index (χ2v) is 4.24. The van der Waals surface area contributed by atoms with E-state index in [1.54, 1.807) is 0 Å². The van der Waals surface area contributed by atoms with Crippen molar-refractivity contribution in [2.75, 3.05) is 26.3 Å². The SMILES string of the molecule is O=C(O)C1CNCC1C1CCCOC1. The minimum absolute atomic E-state index is 0.207. The zero-order valence-electron chi connectivity index (χ0n) is 8.24. The standard InChI is InChI=1S/C10H17NO3/c12-10(13)9-5-11-4-8(9)7-2-1-3-14-6-7/h7-9,11H,1-6H2,(H,12,13). The molecule has 2 aliphatic rings. The first-order chi connectivity index (χ1) is 6.79. The van der Waals surface area contributed by atoms with Gasteiger partial charge in [-0.25, -0.2) is 0 Å². The van der Waals surface area contributed by atoms with Crippen molar-refractivity contribution in [3.63, 3.8) is 0 Å². The Morgan fingerprint density at radius 1 is 1.43 bits per heavy atom. The zero-order chi connectivity index (χ0) is 9.97. The Kier molecular flexibility index (Phi) is 3.03. The van der Waals surface area contributed by atoms with E-state index in [9.17, 15) is 4.79 Å². The lowest BCUT2D eigenvalue weighted by atomic mass is 9.81. The van der Waals surface area contributed by atoms with Crippen LogP contribution < -0.4 is 5.32 Å². The molecule has 2 heterocycles. The van der Waals surface area contributed by atoms with Crippen LogP contribution in [0.1, 0.15) is 12.8 Å². The monoisotopic (exact) mass is 199 g/mol. The fourth-order valence-corrected chi connectivity index (χ4v) is 2.57. The van der Waals surface area contributed by atoms with E-state index in [1.165, 1.54) is 0 Å². The molecule has 4 nitrogen and oxygen atoms in total. The molecule has 4 heteroatoms. The molecule has 0 aromatic heterocycles. The van der Waals surface area contributed by atoms with Gasteiger partial charge in [-0.15, -0.1) is 0 Å². The molecule has 3 atom stereocenters. The predicted molar refractivity (Wildman–Crippen MR) is 51.0 cm³/mol. The molecule has 0 spiro atoms. The first kappa shape index (κ1) is 9.93. The van der Waals surface area contributed by atoms with Gasteiger partial charge in [0.2, 0.25) is 0 Å². The summed E-state index contributed by atoms with van der Waals surface area (Å²) in [6.07, 6.45) is 2.20. The number of aliphatic carboxylic acids is 1. The van der Waals surface area contributed by atoms with E-state index in [-0.39, 0.29) is 11.8 Å². The van der Waals surface area contributed by atoms with Crippen LogP contribution in [0, 0.1) is 17.8 Å². The number of carboxylic acids is 1. The van der Waals surface area contributed by atoms with Crippen molar-refractivity contribution >= 4 is 5.97 Å². The zero-order valence-corrected chi connectivity index (χ0v) is 8.24. The van der Waals surface area contributed by atoms with Crippen LogP contribution in [0.25, 0.3) is 0 Å². The molecule has 0 saturated carbocycles. The van der Waals surface area contributed by atoms with Crippen LogP contribution in [0.15, 0.2) is 0 Å². The van der Waals surface area contributed by atoms with Crippen LogP contribution in [0.4, 0.5) is 0 Å². The Hall–Kier alpha value is -0.610. The molecule has 2 fully saturated rings. The summed E-state index contributed by atoms with van der Waals surface area (Å²) in [5.74, 6) is -0.153. The normalized spacial score (nSPS) is 38.4. The van der Waals surface area contributed by atoms with Gasteiger partial charge in [-0.2, -0.15) is 0 Å². The highest BCUT2D eigenvalue weighted by Crippen LogP contribution is 2.30. The van der Waals surface area contributed by atoms with Gasteiger partial charge in [0.05, 0.1) is 5.92 Å². The fraction of sp³-hybridized carbons (Fsp3) is 0.900. The van der Waals surface area contributed by atoms with Crippen LogP contribution in [-0.4, -0.2) is 37.4 Å². The summed E-state index contributed by atoms with van der Waals surface area (Å²) < 4.78 is 5.40. The Morgan fingerprint density at radius 2 is 2.29 bits per heavy atom. The molecule has 2 N–H and O–H groups in total. The highest BCUT2D eigenvalue weighted by Gasteiger charge is 2.38. The van der Waals surface area contributed by atoms with Gasteiger partial charge in [0.15, 0.2) is 0 Å². The third-order valence-corrected chi connectivity index (χ3v) is 3.38. The van der Waals surface area contributed by atoms with E-state index in [2.05, 4.69) is 5.32 Å². The molecule has 0 aromatic rings. The van der Waals surface area contributed by atoms with Crippen molar-refractivity contribution in [3.05, 3.63) is 0 Å². The number of rotatable bonds is 2. The largest absolute Gasteiger partial charge is 0.481 e. The van der Waals surface area contributed by atoms with Crippen molar-refractivity contribution in [3.8, 4) is 0 Å². The first-order valence-corrected chi connectivity index (χ1v) is 5.30. The van der Waals surface area contributed by atoms with Gasteiger partial charge in [-0.05, 0) is 31.2 Å². The van der Waals surface area contributed by atoms with Crippen LogP contribution >= 0.6 is 0 Å². The van der Waals surface area contributed by atoms with E-state index in [1.807, 2.05) is 0 Å². The summed E-state index contributed by atoms with van der Waals surface area (Å²) in [4.78, 5) is 11.0. The van der Waals surface area contributed by atoms with Crippen molar-refractivity contribution < 1.29 is 14.6 Å². The molecule has 2 aliphatic heterocycles. The van der Waals surface area contributed by atoms with Gasteiger partial charge in [0.25, 0.3) is 0 Å². The Bertz CT molecular complexity index is 213. The molecule has 2 rings (SSSR count). The molecule has 2 saturated heterocycles. The average Bonchev–Trinajstić information content (AvgIpc) is 2.67. The summed E-state index contributed by atoms with van der Waals surface area (Å²) in [6.45, 7) is 3.05. The molecule has 0 aromatic carbocycles. The number of hydrogen-bond donors (Lipinski definition) is 2. The summed E-state index contributed by atoms with van der Waals surface area (Å²) in [5.41, 5.74) is 0. The Balaban J connectivity index is 1.97. The summed E-state index contributed by atoms with van der Waals surface area (Å²) in [5, 5.41) is 12.2. The molecular formula is C10H17NO3. The minimum atomic E-state index is -0.662. The van der Waals surface area contributed by atoms with Crippen molar-refractivity contribution in [1.82, 2.24) is 5.32 Å². The molecule has 3 unspecified atom stereocenters. The predicted octanol–water partition coefficient (Wildman–Crippen LogP) is 0.333. The quantitative estimate of drug-likeness (QED) is 0.673. The van der Waals surface area contributed by atoms with Crippen molar-refractivity contribution in [2.24, 2.45) is 17.8 Å². The van der Waals surface area contributed by atoms with Crippen LogP contribution in [0.5, 0.6) is 0 Å². The average molecular weight is 199 g/mol. The third kappa shape index (κ3) is 1.91. The minimum Gasteiger partial charge on any atom is -0.481 e. The van der Waals surface area contributed by atoms with Gasteiger partial charge in [-0.1, -0.05) is 0 Å². The van der Waals surface area contributed by atoms with Gasteiger partial charge >= 0.3 is 5.97 Å². The molecule has 80 valence electrons. The van der Waals surface area contributed by atoms with Crippen LogP contribution in [0.3, 0.4) is 0 Å². The Morgan fingerprint density at radius 3 is 2.93 bits per heavy atom.